The smallest absolute Gasteiger partial charge is 0.323 e. The molecule has 2 atom stereocenters. The zero-order chi connectivity index (χ0) is 12.8. The van der Waals surface area contributed by atoms with Crippen LogP contribution in [0.5, 0.6) is 0 Å². The standard InChI is InChI=1S/C13H21NO2S/c1-5-10(11-7-6-8-17-11)14-12(9(2)3)13(15)16-4/h6-10,12,14H,5H2,1-4H3/t10?,12-/m1/s1. The van der Waals surface area contributed by atoms with Crippen LogP contribution >= 0.6 is 11.3 Å². The Balaban J connectivity index is 2.74. The minimum atomic E-state index is -0.243. The quantitative estimate of drug-likeness (QED) is 0.794. The van der Waals surface area contributed by atoms with E-state index in [4.69, 9.17) is 4.74 Å². The van der Waals surface area contributed by atoms with Crippen molar-refractivity contribution in [3.63, 3.8) is 0 Å². The van der Waals surface area contributed by atoms with E-state index in [0.29, 0.717) is 0 Å². The van der Waals surface area contributed by atoms with Crippen LogP contribution in [-0.4, -0.2) is 19.1 Å². The summed E-state index contributed by atoms with van der Waals surface area (Å²) in [6, 6.07) is 4.11. The average molecular weight is 255 g/mol. The van der Waals surface area contributed by atoms with Gasteiger partial charge in [0.05, 0.1) is 7.11 Å². The van der Waals surface area contributed by atoms with Crippen LogP contribution < -0.4 is 5.32 Å². The Kier molecular flexibility index (Phi) is 5.65. The molecule has 1 aromatic rings. The zero-order valence-electron chi connectivity index (χ0n) is 10.9. The average Bonchev–Trinajstić information content (AvgIpc) is 2.82. The summed E-state index contributed by atoms with van der Waals surface area (Å²) in [5, 5.41) is 5.45. The van der Waals surface area contributed by atoms with Crippen LogP contribution in [0.4, 0.5) is 0 Å². The molecule has 0 aliphatic rings. The first-order valence-corrected chi connectivity index (χ1v) is 6.85. The molecular weight excluding hydrogens is 234 g/mol. The number of nitrogens with one attached hydrogen (secondary N) is 1. The molecular formula is C13H21NO2S. The molecule has 0 aliphatic carbocycles. The van der Waals surface area contributed by atoms with E-state index >= 15 is 0 Å². The van der Waals surface area contributed by atoms with Crippen molar-refractivity contribution in [2.75, 3.05) is 7.11 Å². The van der Waals surface area contributed by atoms with Crippen molar-refractivity contribution in [2.24, 2.45) is 5.92 Å². The first-order valence-electron chi connectivity index (χ1n) is 5.97. The van der Waals surface area contributed by atoms with Crippen LogP contribution in [0.2, 0.25) is 0 Å². The van der Waals surface area contributed by atoms with Gasteiger partial charge in [-0.2, -0.15) is 0 Å². The molecule has 0 saturated heterocycles. The van der Waals surface area contributed by atoms with E-state index in [9.17, 15) is 4.79 Å². The number of methoxy groups -OCH3 is 1. The van der Waals surface area contributed by atoms with Gasteiger partial charge in [0.2, 0.25) is 0 Å². The highest BCUT2D eigenvalue weighted by atomic mass is 32.1. The summed E-state index contributed by atoms with van der Waals surface area (Å²) < 4.78 is 4.84. The highest BCUT2D eigenvalue weighted by molar-refractivity contribution is 7.10. The van der Waals surface area contributed by atoms with Crippen LogP contribution in [-0.2, 0) is 9.53 Å². The van der Waals surface area contributed by atoms with Gasteiger partial charge < -0.3 is 4.74 Å². The van der Waals surface area contributed by atoms with Crippen LogP contribution in [0.1, 0.15) is 38.1 Å². The fraction of sp³-hybridized carbons (Fsp3) is 0.615. The normalized spacial score (nSPS) is 14.6. The molecule has 1 unspecified atom stereocenters. The van der Waals surface area contributed by atoms with Crippen LogP contribution in [0.15, 0.2) is 17.5 Å². The topological polar surface area (TPSA) is 38.3 Å². The lowest BCUT2D eigenvalue weighted by Crippen LogP contribution is -2.43. The van der Waals surface area contributed by atoms with Gasteiger partial charge >= 0.3 is 5.97 Å². The third-order valence-corrected chi connectivity index (χ3v) is 3.78. The van der Waals surface area contributed by atoms with E-state index in [1.165, 1.54) is 12.0 Å². The third-order valence-electron chi connectivity index (χ3n) is 2.80. The van der Waals surface area contributed by atoms with Crippen molar-refractivity contribution in [3.8, 4) is 0 Å². The van der Waals surface area contributed by atoms with E-state index in [0.717, 1.165) is 6.42 Å². The molecule has 17 heavy (non-hydrogen) atoms. The second-order valence-electron chi connectivity index (χ2n) is 4.39. The predicted molar refractivity (Wildman–Crippen MR) is 71.1 cm³/mol. The van der Waals surface area contributed by atoms with E-state index in [-0.39, 0.29) is 24.0 Å². The van der Waals surface area contributed by atoms with Gasteiger partial charge in [-0.05, 0) is 23.8 Å². The lowest BCUT2D eigenvalue weighted by atomic mass is 10.0. The van der Waals surface area contributed by atoms with Crippen LogP contribution in [0, 0.1) is 5.92 Å². The van der Waals surface area contributed by atoms with Gasteiger partial charge in [-0.3, -0.25) is 10.1 Å². The van der Waals surface area contributed by atoms with E-state index in [1.54, 1.807) is 11.3 Å². The fourth-order valence-corrected chi connectivity index (χ4v) is 2.64. The minimum Gasteiger partial charge on any atom is -0.468 e. The highest BCUT2D eigenvalue weighted by Crippen LogP contribution is 2.23. The maximum atomic E-state index is 11.7. The van der Waals surface area contributed by atoms with Gasteiger partial charge in [-0.1, -0.05) is 26.8 Å². The van der Waals surface area contributed by atoms with Gasteiger partial charge in [0.25, 0.3) is 0 Å². The summed E-state index contributed by atoms with van der Waals surface area (Å²) >= 11 is 1.71. The Hall–Kier alpha value is -0.870. The molecule has 1 heterocycles. The maximum absolute atomic E-state index is 11.7. The summed E-state index contributed by atoms with van der Waals surface area (Å²) in [5.74, 6) is 0.0338. The SMILES string of the molecule is CCC(N[C@@H](C(=O)OC)C(C)C)c1cccs1. The van der Waals surface area contributed by atoms with Gasteiger partial charge in [-0.25, -0.2) is 0 Å². The molecule has 0 fully saturated rings. The molecule has 0 aliphatic heterocycles. The molecule has 1 rings (SSSR count). The van der Waals surface area contributed by atoms with Gasteiger partial charge in [0.15, 0.2) is 0 Å². The van der Waals surface area contributed by atoms with Crippen molar-refractivity contribution < 1.29 is 9.53 Å². The summed E-state index contributed by atoms with van der Waals surface area (Å²) in [5.41, 5.74) is 0. The number of carbonyl (C=O) groups is 1. The molecule has 96 valence electrons. The summed E-state index contributed by atoms with van der Waals surface area (Å²) in [4.78, 5) is 13.0. The highest BCUT2D eigenvalue weighted by Gasteiger charge is 2.26. The Morgan fingerprint density at radius 3 is 2.65 bits per heavy atom. The second-order valence-corrected chi connectivity index (χ2v) is 5.37. The fourth-order valence-electron chi connectivity index (χ4n) is 1.77. The first-order chi connectivity index (χ1) is 8.10. The second kappa shape index (κ2) is 6.77. The lowest BCUT2D eigenvalue weighted by molar-refractivity contribution is -0.144. The number of esters is 1. The lowest BCUT2D eigenvalue weighted by Gasteiger charge is -2.25. The summed E-state index contributed by atoms with van der Waals surface area (Å²) in [7, 11) is 1.44. The molecule has 0 amide bonds. The zero-order valence-corrected chi connectivity index (χ0v) is 11.7. The maximum Gasteiger partial charge on any atom is 0.323 e. The number of rotatable bonds is 6. The number of thiophene rings is 1. The minimum absolute atomic E-state index is 0.185. The molecule has 3 nitrogen and oxygen atoms in total. The van der Waals surface area contributed by atoms with Crippen LogP contribution in [0.3, 0.4) is 0 Å². The Bertz CT molecular complexity index is 335. The van der Waals surface area contributed by atoms with Crippen molar-refractivity contribution in [1.29, 1.82) is 0 Å². The van der Waals surface area contributed by atoms with E-state index in [1.807, 2.05) is 19.9 Å². The molecule has 1 aromatic heterocycles. The molecule has 0 radical (unpaired) electrons. The molecule has 0 aromatic carbocycles. The first kappa shape index (κ1) is 14.2. The number of hydrogen-bond acceptors (Lipinski definition) is 4. The van der Waals surface area contributed by atoms with Gasteiger partial charge in [0, 0.05) is 10.9 Å². The summed E-state index contributed by atoms with van der Waals surface area (Å²) in [6.07, 6.45) is 0.959. The molecule has 0 spiro atoms. The molecule has 0 saturated carbocycles. The van der Waals surface area contributed by atoms with Gasteiger partial charge in [0.1, 0.15) is 6.04 Å². The van der Waals surface area contributed by atoms with Crippen LogP contribution in [0.25, 0.3) is 0 Å². The number of hydrogen-bond donors (Lipinski definition) is 1. The Morgan fingerprint density at radius 1 is 1.53 bits per heavy atom. The largest absolute Gasteiger partial charge is 0.468 e. The molecule has 0 bridgehead atoms. The number of ether oxygens (including phenoxy) is 1. The molecule has 1 N–H and O–H groups in total. The van der Waals surface area contributed by atoms with Crippen molar-refractivity contribution in [3.05, 3.63) is 22.4 Å². The monoisotopic (exact) mass is 255 g/mol. The van der Waals surface area contributed by atoms with Gasteiger partial charge in [-0.15, -0.1) is 11.3 Å². The Morgan fingerprint density at radius 2 is 2.24 bits per heavy atom. The molecule has 4 heteroatoms. The van der Waals surface area contributed by atoms with Crippen molar-refractivity contribution in [2.45, 2.75) is 39.3 Å². The Labute approximate surface area is 107 Å². The predicted octanol–water partition coefficient (Wildman–Crippen LogP) is 2.99. The van der Waals surface area contributed by atoms with E-state index in [2.05, 4.69) is 23.7 Å². The number of carbonyl (C=O) groups excluding carboxylic acids is 1. The third kappa shape index (κ3) is 3.82. The van der Waals surface area contributed by atoms with Crippen molar-refractivity contribution >= 4 is 17.3 Å². The summed E-state index contributed by atoms with van der Waals surface area (Å²) in [6.45, 7) is 6.16. The van der Waals surface area contributed by atoms with Crippen molar-refractivity contribution in [1.82, 2.24) is 5.32 Å². The van der Waals surface area contributed by atoms with E-state index < -0.39 is 0 Å².